The predicted molar refractivity (Wildman–Crippen MR) is 136 cm³/mol. The Bertz CT molecular complexity index is 1300. The molecular weight excluding hydrogens is 456 g/mol. The summed E-state index contributed by atoms with van der Waals surface area (Å²) >= 11 is 0. The molecule has 0 bridgehead atoms. The van der Waals surface area contributed by atoms with Crippen molar-refractivity contribution in [1.82, 2.24) is 9.88 Å². The number of ether oxygens (including phenoxy) is 3. The van der Waals surface area contributed by atoms with Gasteiger partial charge >= 0.3 is 6.03 Å². The number of benzene rings is 2. The number of nitrogens with one attached hydrogen (secondary N) is 2. The van der Waals surface area contributed by atoms with Crippen LogP contribution in [0.3, 0.4) is 0 Å². The average molecular weight is 487 g/mol. The van der Waals surface area contributed by atoms with Crippen LogP contribution >= 0.6 is 0 Å². The standard InChI is InChI=1S/C28H30N4O4/c29-16-24-23-12-11-22(36-17-26-34-13-14-35-26)15-25(23)32(21-5-2-6-21)27(24)18-7-9-20(10-8-18)31-28(33)30-19-3-1-4-19/h7-12,15,19,21,26H,1-6,13-14,17H2,(H2,30,31,33). The number of aromatic nitrogens is 1. The predicted octanol–water partition coefficient (Wildman–Crippen LogP) is 5.33. The summed E-state index contributed by atoms with van der Waals surface area (Å²) in [6.07, 6.45) is 6.26. The average Bonchev–Trinajstić information content (AvgIpc) is 3.46. The third-order valence-electron chi connectivity index (χ3n) is 7.46. The molecule has 2 aromatic carbocycles. The van der Waals surface area contributed by atoms with Crippen LogP contribution in [0, 0.1) is 11.3 Å². The highest BCUT2D eigenvalue weighted by Gasteiger charge is 2.28. The van der Waals surface area contributed by atoms with Crippen LogP contribution in [0.2, 0.25) is 0 Å². The Balaban J connectivity index is 1.30. The fourth-order valence-electron chi connectivity index (χ4n) is 5.09. The summed E-state index contributed by atoms with van der Waals surface area (Å²) in [7, 11) is 0. The second-order valence-corrected chi connectivity index (χ2v) is 9.75. The number of anilines is 1. The van der Waals surface area contributed by atoms with Gasteiger partial charge in [0.05, 0.1) is 30.0 Å². The van der Waals surface area contributed by atoms with E-state index in [0.29, 0.717) is 31.4 Å². The Kier molecular flexibility index (Phi) is 6.26. The molecule has 2 aliphatic carbocycles. The van der Waals surface area contributed by atoms with Crippen LogP contribution in [0.25, 0.3) is 22.2 Å². The Hall–Kier alpha value is -3.54. The van der Waals surface area contributed by atoms with Crippen molar-refractivity contribution < 1.29 is 19.0 Å². The maximum atomic E-state index is 12.3. The lowest BCUT2D eigenvalue weighted by molar-refractivity contribution is -0.0683. The molecule has 186 valence electrons. The van der Waals surface area contributed by atoms with Gasteiger partial charge in [-0.2, -0.15) is 5.26 Å². The number of hydrogen-bond acceptors (Lipinski definition) is 5. The molecular formula is C28H30N4O4. The van der Waals surface area contributed by atoms with Crippen LogP contribution in [-0.4, -0.2) is 42.8 Å². The van der Waals surface area contributed by atoms with Gasteiger partial charge in [0.1, 0.15) is 18.4 Å². The van der Waals surface area contributed by atoms with E-state index < -0.39 is 0 Å². The third-order valence-corrected chi connectivity index (χ3v) is 7.46. The number of fused-ring (bicyclic) bond motifs is 1. The van der Waals surface area contributed by atoms with E-state index in [0.717, 1.165) is 59.3 Å². The first-order chi connectivity index (χ1) is 17.7. The molecule has 0 radical (unpaired) electrons. The minimum absolute atomic E-state index is 0.172. The van der Waals surface area contributed by atoms with Crippen LogP contribution in [0.4, 0.5) is 10.5 Å². The van der Waals surface area contributed by atoms with Gasteiger partial charge in [0.2, 0.25) is 0 Å². The molecule has 1 aliphatic heterocycles. The maximum absolute atomic E-state index is 12.3. The first-order valence-corrected chi connectivity index (χ1v) is 12.8. The number of nitriles is 1. The summed E-state index contributed by atoms with van der Waals surface area (Å²) in [5.41, 5.74) is 4.26. The molecule has 0 spiro atoms. The van der Waals surface area contributed by atoms with E-state index in [1.54, 1.807) is 0 Å². The molecule has 3 fully saturated rings. The Morgan fingerprint density at radius 3 is 2.44 bits per heavy atom. The summed E-state index contributed by atoms with van der Waals surface area (Å²) in [5.74, 6) is 0.729. The smallest absolute Gasteiger partial charge is 0.319 e. The van der Waals surface area contributed by atoms with E-state index in [4.69, 9.17) is 14.2 Å². The van der Waals surface area contributed by atoms with E-state index in [1.165, 1.54) is 12.8 Å². The van der Waals surface area contributed by atoms with Gasteiger partial charge in [0, 0.05) is 29.2 Å². The normalized spacial score (nSPS) is 18.4. The van der Waals surface area contributed by atoms with Crippen molar-refractivity contribution in [2.24, 2.45) is 0 Å². The number of hydrogen-bond donors (Lipinski definition) is 2. The van der Waals surface area contributed by atoms with Crippen LogP contribution in [0.1, 0.15) is 50.1 Å². The monoisotopic (exact) mass is 486 g/mol. The zero-order valence-corrected chi connectivity index (χ0v) is 20.2. The van der Waals surface area contributed by atoms with Crippen molar-refractivity contribution in [3.05, 3.63) is 48.0 Å². The molecule has 0 atom stereocenters. The Morgan fingerprint density at radius 2 is 1.81 bits per heavy atom. The highest BCUT2D eigenvalue weighted by molar-refractivity contribution is 5.96. The quantitative estimate of drug-likeness (QED) is 0.470. The summed E-state index contributed by atoms with van der Waals surface area (Å²) in [4.78, 5) is 12.3. The van der Waals surface area contributed by atoms with Gasteiger partial charge in [-0.25, -0.2) is 4.79 Å². The molecule has 0 unspecified atom stereocenters. The molecule has 2 amide bonds. The molecule has 8 nitrogen and oxygen atoms in total. The zero-order chi connectivity index (χ0) is 24.5. The molecule has 2 heterocycles. The second kappa shape index (κ2) is 9.84. The van der Waals surface area contributed by atoms with E-state index in [2.05, 4.69) is 21.3 Å². The van der Waals surface area contributed by atoms with Gasteiger partial charge in [0.25, 0.3) is 0 Å². The van der Waals surface area contributed by atoms with E-state index >= 15 is 0 Å². The molecule has 36 heavy (non-hydrogen) atoms. The molecule has 6 rings (SSSR count). The third kappa shape index (κ3) is 4.41. The van der Waals surface area contributed by atoms with Crippen LogP contribution in [0.15, 0.2) is 42.5 Å². The zero-order valence-electron chi connectivity index (χ0n) is 20.2. The van der Waals surface area contributed by atoms with Crippen molar-refractivity contribution in [2.75, 3.05) is 25.1 Å². The Labute approximate surface area is 210 Å². The SMILES string of the molecule is N#Cc1c(-c2ccc(NC(=O)NC3CCC3)cc2)n(C2CCC2)c2cc(OCC3OCCO3)ccc12. The maximum Gasteiger partial charge on any atom is 0.319 e. The topological polar surface area (TPSA) is 97.5 Å². The van der Waals surface area contributed by atoms with E-state index in [9.17, 15) is 10.1 Å². The molecule has 8 heteroatoms. The van der Waals surface area contributed by atoms with Crippen molar-refractivity contribution in [2.45, 2.75) is 56.9 Å². The van der Waals surface area contributed by atoms with Gasteiger partial charge in [0.15, 0.2) is 6.29 Å². The first-order valence-electron chi connectivity index (χ1n) is 12.8. The lowest BCUT2D eigenvalue weighted by Gasteiger charge is -2.30. The first kappa shape index (κ1) is 22.9. The molecule has 3 aromatic rings. The summed E-state index contributed by atoms with van der Waals surface area (Å²) < 4.78 is 19.2. The lowest BCUT2D eigenvalue weighted by Crippen LogP contribution is -2.41. The Morgan fingerprint density at radius 1 is 1.06 bits per heavy atom. The van der Waals surface area contributed by atoms with Gasteiger partial charge < -0.3 is 29.4 Å². The number of amides is 2. The molecule has 3 aliphatic rings. The van der Waals surface area contributed by atoms with Crippen molar-refractivity contribution >= 4 is 22.6 Å². The van der Waals surface area contributed by atoms with Gasteiger partial charge in [-0.05, 0) is 68.4 Å². The van der Waals surface area contributed by atoms with E-state index in [-0.39, 0.29) is 18.4 Å². The minimum atomic E-state index is -0.340. The number of nitrogens with zero attached hydrogens (tertiary/aromatic N) is 2. The van der Waals surface area contributed by atoms with Gasteiger partial charge in [-0.1, -0.05) is 12.1 Å². The van der Waals surface area contributed by atoms with Gasteiger partial charge in [-0.3, -0.25) is 0 Å². The lowest BCUT2D eigenvalue weighted by atomic mass is 9.92. The number of carbonyl (C=O) groups is 1. The molecule has 2 saturated carbocycles. The largest absolute Gasteiger partial charge is 0.488 e. The number of carbonyl (C=O) groups excluding carboxylic acids is 1. The summed E-state index contributed by atoms with van der Waals surface area (Å²) in [6, 6.07) is 16.6. The number of rotatable bonds is 7. The van der Waals surface area contributed by atoms with E-state index in [1.807, 2.05) is 42.5 Å². The highest BCUT2D eigenvalue weighted by atomic mass is 16.7. The van der Waals surface area contributed by atoms with Crippen molar-refractivity contribution in [3.8, 4) is 23.1 Å². The van der Waals surface area contributed by atoms with Crippen molar-refractivity contribution in [1.29, 1.82) is 5.26 Å². The van der Waals surface area contributed by atoms with Gasteiger partial charge in [-0.15, -0.1) is 0 Å². The summed E-state index contributed by atoms with van der Waals surface area (Å²) in [5, 5.41) is 17.0. The van der Waals surface area contributed by atoms with Crippen molar-refractivity contribution in [3.63, 3.8) is 0 Å². The fourth-order valence-corrected chi connectivity index (χ4v) is 5.09. The molecule has 2 N–H and O–H groups in total. The van der Waals surface area contributed by atoms with Crippen LogP contribution < -0.4 is 15.4 Å². The molecule has 1 aromatic heterocycles. The second-order valence-electron chi connectivity index (χ2n) is 9.75. The summed E-state index contributed by atoms with van der Waals surface area (Å²) in [6.45, 7) is 1.51. The van der Waals surface area contributed by atoms with Crippen LogP contribution in [0.5, 0.6) is 5.75 Å². The molecule has 1 saturated heterocycles. The highest BCUT2D eigenvalue weighted by Crippen LogP contribution is 2.43. The fraction of sp³-hybridized carbons (Fsp3) is 0.429. The number of urea groups is 1. The van der Waals surface area contributed by atoms with Crippen LogP contribution in [-0.2, 0) is 9.47 Å². The minimum Gasteiger partial charge on any atom is -0.488 e.